The fourth-order valence-electron chi connectivity index (χ4n) is 3.19. The van der Waals surface area contributed by atoms with Gasteiger partial charge in [0.05, 0.1) is 40.3 Å². The Morgan fingerprint density at radius 3 is 2.41 bits per heavy atom. The van der Waals surface area contributed by atoms with E-state index in [1.807, 2.05) is 17.5 Å². The van der Waals surface area contributed by atoms with Crippen molar-refractivity contribution in [1.82, 2.24) is 9.38 Å². The number of methoxy groups -OCH3 is 1. The molecule has 0 aliphatic carbocycles. The molecule has 0 saturated carbocycles. The molecule has 0 fully saturated rings. The van der Waals surface area contributed by atoms with Gasteiger partial charge in [0.25, 0.3) is 0 Å². The number of thiazole rings is 1. The van der Waals surface area contributed by atoms with Crippen molar-refractivity contribution >= 4 is 26.1 Å². The molecule has 2 aromatic heterocycles. The van der Waals surface area contributed by atoms with Gasteiger partial charge < -0.3 is 14.9 Å². The summed E-state index contributed by atoms with van der Waals surface area (Å²) >= 11 is 1.39. The maximum Gasteiger partial charge on any atom is 0.194 e. The normalized spacial score (nSPS) is 13.2. The van der Waals surface area contributed by atoms with Gasteiger partial charge >= 0.3 is 0 Å². The second-order valence-corrected chi connectivity index (χ2v) is 11.3. The number of aryl methyl sites for hydroxylation is 1. The first-order chi connectivity index (χ1) is 13.2. The molecule has 2 N–H and O–H groups in total. The molecule has 0 atom stereocenters. The fourth-order valence-corrected chi connectivity index (χ4v) is 6.07. The fraction of sp³-hybridized carbons (Fsp3) is 0.450. The van der Waals surface area contributed by atoms with Crippen LogP contribution in [0.25, 0.3) is 16.2 Å². The number of aliphatic hydroxyl groups is 2. The van der Waals surface area contributed by atoms with Crippen LogP contribution in [0.5, 0.6) is 5.75 Å². The molecule has 0 radical (unpaired) electrons. The number of hydrogen-bond acceptors (Lipinski definition) is 7. The molecule has 2 heterocycles. The van der Waals surface area contributed by atoms with Crippen LogP contribution in [0.4, 0.5) is 0 Å². The largest absolute Gasteiger partial charge is 0.495 e. The lowest BCUT2D eigenvalue weighted by Gasteiger charge is -2.19. The van der Waals surface area contributed by atoms with Crippen molar-refractivity contribution in [2.24, 2.45) is 0 Å². The second kappa shape index (κ2) is 7.09. The van der Waals surface area contributed by atoms with Crippen molar-refractivity contribution in [1.29, 1.82) is 0 Å². The summed E-state index contributed by atoms with van der Waals surface area (Å²) in [6.07, 6.45) is 1.82. The Hall–Kier alpha value is -1.94. The Morgan fingerprint density at radius 1 is 1.21 bits per heavy atom. The van der Waals surface area contributed by atoms with Crippen LogP contribution in [-0.2, 0) is 15.4 Å². The number of nitrogens with zero attached hydrogens (tertiary/aromatic N) is 2. The summed E-state index contributed by atoms with van der Waals surface area (Å²) in [6.45, 7) is 8.18. The number of rotatable bonds is 6. The molecule has 0 saturated heterocycles. The Bertz CT molecular complexity index is 1160. The number of fused-ring (bicyclic) bond motifs is 1. The van der Waals surface area contributed by atoms with Gasteiger partial charge in [-0.25, -0.2) is 13.4 Å². The average molecular weight is 439 g/mol. The van der Waals surface area contributed by atoms with E-state index in [1.165, 1.54) is 32.3 Å². The summed E-state index contributed by atoms with van der Waals surface area (Å²) < 4.78 is 33.0. The highest BCUT2D eigenvalue weighted by atomic mass is 32.2. The van der Waals surface area contributed by atoms with E-state index in [-0.39, 0.29) is 10.6 Å². The highest BCUT2D eigenvalue weighted by Crippen LogP contribution is 2.36. The molecule has 0 aliphatic rings. The van der Waals surface area contributed by atoms with E-state index < -0.39 is 26.8 Å². The third-order valence-corrected chi connectivity index (χ3v) is 7.79. The minimum absolute atomic E-state index is 0.0203. The summed E-state index contributed by atoms with van der Waals surface area (Å²) in [5.74, 6) is -0.207. The van der Waals surface area contributed by atoms with Crippen LogP contribution in [0.2, 0.25) is 0 Å². The van der Waals surface area contributed by atoms with E-state index in [0.29, 0.717) is 10.5 Å². The molecule has 0 unspecified atom stereocenters. The highest BCUT2D eigenvalue weighted by molar-refractivity contribution is 7.91. The molecular weight excluding hydrogens is 412 g/mol. The first-order valence-electron chi connectivity index (χ1n) is 9.08. The molecular formula is C20H26N2O5S2. The summed E-state index contributed by atoms with van der Waals surface area (Å²) in [5.41, 5.74) is -0.236. The first-order valence-corrected chi connectivity index (χ1v) is 11.5. The van der Waals surface area contributed by atoms with E-state index in [4.69, 9.17) is 4.74 Å². The molecule has 9 heteroatoms. The third kappa shape index (κ3) is 4.32. The lowest BCUT2D eigenvalue weighted by atomic mass is 10.1. The van der Waals surface area contributed by atoms with Crippen LogP contribution in [0.3, 0.4) is 0 Å². The lowest BCUT2D eigenvalue weighted by molar-refractivity contribution is 0.0822. The van der Waals surface area contributed by atoms with Crippen molar-refractivity contribution in [2.75, 3.05) is 12.9 Å². The van der Waals surface area contributed by atoms with Gasteiger partial charge in [-0.3, -0.25) is 4.40 Å². The van der Waals surface area contributed by atoms with E-state index in [0.717, 1.165) is 16.3 Å². The van der Waals surface area contributed by atoms with Crippen molar-refractivity contribution in [3.05, 3.63) is 35.0 Å². The molecule has 158 valence electrons. The molecule has 3 aromatic rings. The van der Waals surface area contributed by atoms with Gasteiger partial charge in [0.15, 0.2) is 14.8 Å². The van der Waals surface area contributed by atoms with Crippen molar-refractivity contribution in [3.63, 3.8) is 0 Å². The van der Waals surface area contributed by atoms with Crippen LogP contribution < -0.4 is 4.74 Å². The van der Waals surface area contributed by atoms with E-state index in [2.05, 4.69) is 4.98 Å². The molecule has 29 heavy (non-hydrogen) atoms. The number of benzene rings is 1. The van der Waals surface area contributed by atoms with Gasteiger partial charge in [0.2, 0.25) is 0 Å². The minimum atomic E-state index is -3.80. The molecule has 0 spiro atoms. The number of hydrogen-bond donors (Lipinski definition) is 2. The molecule has 7 nitrogen and oxygen atoms in total. The number of ether oxygens (including phenoxy) is 1. The maximum absolute atomic E-state index is 12.9. The molecule has 3 rings (SSSR count). The van der Waals surface area contributed by atoms with Crippen LogP contribution in [-0.4, -0.2) is 46.5 Å². The monoisotopic (exact) mass is 438 g/mol. The Morgan fingerprint density at radius 2 is 1.86 bits per heavy atom. The van der Waals surface area contributed by atoms with E-state index >= 15 is 0 Å². The van der Waals surface area contributed by atoms with E-state index in [1.54, 1.807) is 32.0 Å². The van der Waals surface area contributed by atoms with Gasteiger partial charge in [-0.15, -0.1) is 0 Å². The predicted octanol–water partition coefficient (Wildman–Crippen LogP) is 3.15. The summed E-state index contributed by atoms with van der Waals surface area (Å²) in [4.78, 5) is 6.06. The predicted molar refractivity (Wildman–Crippen MR) is 113 cm³/mol. The third-order valence-electron chi connectivity index (χ3n) is 4.42. The van der Waals surface area contributed by atoms with Gasteiger partial charge in [0.1, 0.15) is 10.6 Å². The zero-order valence-corrected chi connectivity index (χ0v) is 19.0. The topological polar surface area (TPSA) is 101 Å². The summed E-state index contributed by atoms with van der Waals surface area (Å²) in [6, 6.07) is 4.94. The van der Waals surface area contributed by atoms with E-state index in [9.17, 15) is 18.6 Å². The Labute approximate surface area is 174 Å². The maximum atomic E-state index is 12.9. The summed E-state index contributed by atoms with van der Waals surface area (Å²) in [5, 5.41) is 20.4. The molecule has 0 aliphatic heterocycles. The Balaban J connectivity index is 2.20. The zero-order chi connectivity index (χ0) is 21.8. The number of sulfone groups is 1. The van der Waals surface area contributed by atoms with Crippen LogP contribution in [0.15, 0.2) is 29.3 Å². The lowest BCUT2D eigenvalue weighted by Crippen LogP contribution is -2.30. The average Bonchev–Trinajstić information content (AvgIpc) is 3.08. The Kier molecular flexibility index (Phi) is 5.32. The van der Waals surface area contributed by atoms with Crippen molar-refractivity contribution in [2.45, 2.75) is 50.7 Å². The smallest absolute Gasteiger partial charge is 0.194 e. The molecule has 1 aromatic carbocycles. The van der Waals surface area contributed by atoms with Crippen molar-refractivity contribution in [3.8, 4) is 17.0 Å². The number of imidazole rings is 1. The van der Waals surface area contributed by atoms with Crippen LogP contribution in [0.1, 0.15) is 38.3 Å². The molecule has 0 amide bonds. The zero-order valence-electron chi connectivity index (χ0n) is 17.3. The van der Waals surface area contributed by atoms with Crippen LogP contribution in [0, 0.1) is 6.92 Å². The quantitative estimate of drug-likeness (QED) is 0.613. The number of aromatic nitrogens is 2. The van der Waals surface area contributed by atoms with Gasteiger partial charge in [-0.2, -0.15) is 0 Å². The second-order valence-electron chi connectivity index (χ2n) is 8.29. The highest BCUT2D eigenvalue weighted by Gasteiger charge is 2.29. The SMILES string of the molecule is COc1ccc(-c2c(C)nc3sc(C(C)(C)O)cn23)cc1S(=O)(=O)CC(C)(C)O. The molecule has 0 bridgehead atoms. The van der Waals surface area contributed by atoms with Gasteiger partial charge in [-0.1, -0.05) is 11.3 Å². The van der Waals surface area contributed by atoms with Crippen LogP contribution >= 0.6 is 11.3 Å². The van der Waals surface area contributed by atoms with Crippen molar-refractivity contribution < 1.29 is 23.4 Å². The first kappa shape index (κ1) is 21.8. The standard InChI is InChI=1S/C20H26N2O5S2/c1-12-17(22-10-16(20(4,5)24)28-18(22)21-12)13-7-8-14(27-6)15(9-13)29(25,26)11-19(2,3)23/h7-10,23-24H,11H2,1-6H3. The minimum Gasteiger partial charge on any atom is -0.495 e. The summed E-state index contributed by atoms with van der Waals surface area (Å²) in [7, 11) is -2.39. The van der Waals surface area contributed by atoms with Gasteiger partial charge in [0, 0.05) is 11.8 Å². The van der Waals surface area contributed by atoms with Gasteiger partial charge in [-0.05, 0) is 52.8 Å².